The predicted octanol–water partition coefficient (Wildman–Crippen LogP) is 5.45. The summed E-state index contributed by atoms with van der Waals surface area (Å²) in [7, 11) is -1.81. The summed E-state index contributed by atoms with van der Waals surface area (Å²) in [6.45, 7) is 16.4. The van der Waals surface area contributed by atoms with Crippen LogP contribution in [0.5, 0.6) is 0 Å². The van der Waals surface area contributed by atoms with Crippen molar-refractivity contribution < 1.29 is 9.22 Å². The number of hydrogen-bond donors (Lipinski definition) is 0. The molecular weight excluding hydrogens is 312 g/mol. The van der Waals surface area contributed by atoms with E-state index in [1.807, 2.05) is 6.08 Å². The first-order chi connectivity index (χ1) is 11.1. The molecule has 0 aromatic rings. The van der Waals surface area contributed by atoms with Crippen molar-refractivity contribution in [1.82, 2.24) is 0 Å². The highest BCUT2D eigenvalue weighted by Gasteiger charge is 2.56. The molecule has 2 saturated carbocycles. The third-order valence-electron chi connectivity index (χ3n) is 7.81. The van der Waals surface area contributed by atoms with Gasteiger partial charge in [0.25, 0.3) is 0 Å². The van der Waals surface area contributed by atoms with Gasteiger partial charge in [-0.3, -0.25) is 4.79 Å². The van der Waals surface area contributed by atoms with E-state index in [1.54, 1.807) is 0 Å². The average Bonchev–Trinajstić information content (AvgIpc) is 2.98. The first kappa shape index (κ1) is 18.4. The van der Waals surface area contributed by atoms with Gasteiger partial charge in [0, 0.05) is 12.0 Å². The molecule has 0 aromatic heterocycles. The summed E-state index contributed by atoms with van der Waals surface area (Å²) < 4.78 is 6.95. The highest BCUT2D eigenvalue weighted by atomic mass is 28.4. The van der Waals surface area contributed by atoms with Crippen LogP contribution in [0.2, 0.25) is 18.1 Å². The lowest BCUT2D eigenvalue weighted by Gasteiger charge is -2.48. The minimum Gasteiger partial charge on any atom is -0.414 e. The minimum atomic E-state index is -1.81. The largest absolute Gasteiger partial charge is 0.414 e. The van der Waals surface area contributed by atoms with Crippen LogP contribution in [-0.4, -0.2) is 20.2 Å². The molecule has 136 valence electrons. The Hall–Kier alpha value is -0.413. The zero-order valence-electron chi connectivity index (χ0n) is 16.6. The van der Waals surface area contributed by atoms with E-state index in [-0.39, 0.29) is 17.1 Å². The van der Waals surface area contributed by atoms with E-state index in [2.05, 4.69) is 53.8 Å². The molecule has 3 aliphatic carbocycles. The Kier molecular flexibility index (Phi) is 4.66. The second-order valence-corrected chi connectivity index (χ2v) is 14.9. The van der Waals surface area contributed by atoms with Crippen LogP contribution in [-0.2, 0) is 9.22 Å². The fraction of sp³-hybridized carbons (Fsp3) is 0.857. The van der Waals surface area contributed by atoms with Crippen LogP contribution in [0.1, 0.15) is 53.9 Å². The van der Waals surface area contributed by atoms with E-state index < -0.39 is 8.32 Å². The minimum absolute atomic E-state index is 0.198. The number of fused-ring (bicyclic) bond motifs is 3. The van der Waals surface area contributed by atoms with Crippen LogP contribution in [0.25, 0.3) is 0 Å². The molecule has 0 aliphatic heterocycles. The van der Waals surface area contributed by atoms with Crippen LogP contribution in [0.15, 0.2) is 12.2 Å². The molecular formula is C21H36O2Si. The van der Waals surface area contributed by atoms with Gasteiger partial charge in [0.15, 0.2) is 14.1 Å². The maximum absolute atomic E-state index is 12.4. The Bertz CT molecular complexity index is 530. The molecule has 3 aliphatic rings. The summed E-state index contributed by atoms with van der Waals surface area (Å²) in [5.41, 5.74) is 0. The first-order valence-electron chi connectivity index (χ1n) is 9.96. The summed E-state index contributed by atoms with van der Waals surface area (Å²) in [6, 6.07) is 0. The van der Waals surface area contributed by atoms with Crippen molar-refractivity contribution in [1.29, 1.82) is 0 Å². The second kappa shape index (κ2) is 6.09. The normalized spacial score (nSPS) is 42.3. The molecule has 0 amide bonds. The molecule has 0 N–H and O–H groups in total. The molecule has 2 fully saturated rings. The van der Waals surface area contributed by atoms with Gasteiger partial charge in [-0.25, -0.2) is 0 Å². The predicted molar refractivity (Wildman–Crippen MR) is 102 cm³/mol. The number of ketones is 1. The lowest BCUT2D eigenvalue weighted by Crippen LogP contribution is -2.51. The van der Waals surface area contributed by atoms with Crippen molar-refractivity contribution in [3.63, 3.8) is 0 Å². The Morgan fingerprint density at radius 3 is 2.50 bits per heavy atom. The van der Waals surface area contributed by atoms with Crippen LogP contribution in [0.4, 0.5) is 0 Å². The monoisotopic (exact) mass is 348 g/mol. The van der Waals surface area contributed by atoms with Crippen molar-refractivity contribution in [3.05, 3.63) is 12.2 Å². The fourth-order valence-electron chi connectivity index (χ4n) is 5.55. The highest BCUT2D eigenvalue weighted by Crippen LogP contribution is 2.57. The molecule has 2 nitrogen and oxygen atoms in total. The highest BCUT2D eigenvalue weighted by molar-refractivity contribution is 6.74. The molecule has 0 radical (unpaired) electrons. The molecule has 3 rings (SSSR count). The van der Waals surface area contributed by atoms with Crippen molar-refractivity contribution in [3.8, 4) is 0 Å². The maximum atomic E-state index is 12.4. The number of rotatable bonds is 3. The van der Waals surface area contributed by atoms with Crippen molar-refractivity contribution >= 4 is 14.1 Å². The number of carbonyl (C=O) groups is 1. The molecule has 0 spiro atoms. The van der Waals surface area contributed by atoms with Gasteiger partial charge in [0.1, 0.15) is 0 Å². The second-order valence-electron chi connectivity index (χ2n) is 10.1. The summed E-state index contributed by atoms with van der Waals surface area (Å²) in [5, 5.41) is 0.225. The van der Waals surface area contributed by atoms with E-state index in [1.165, 1.54) is 12.8 Å². The summed E-state index contributed by atoms with van der Waals surface area (Å²) in [4.78, 5) is 12.4. The van der Waals surface area contributed by atoms with Crippen molar-refractivity contribution in [2.24, 2.45) is 35.5 Å². The van der Waals surface area contributed by atoms with E-state index >= 15 is 0 Å². The van der Waals surface area contributed by atoms with Gasteiger partial charge in [0.05, 0.1) is 0 Å². The fourth-order valence-corrected chi connectivity index (χ4v) is 6.92. The standard InChI is InChI=1S/C21H36O2Si/c1-8-14-13(2)11-17-15-9-10-18(22)16(15)12-19(20(14)17)23-24(6,7)21(3,4)5/h9-10,13-17,19-20H,8,11-12H2,1-7H3/t13-,14-,15+,16-,17-,19-,20+/m1/s1. The molecule has 0 aromatic carbocycles. The maximum Gasteiger partial charge on any atom is 0.192 e. The SMILES string of the molecule is CC[C@H]1[C@H]2[C@H](C[C@H]1C)[C@H]1C=CC(=O)[C@@H]1C[C@H]2O[Si](C)(C)C(C)(C)C. The van der Waals surface area contributed by atoms with Crippen LogP contribution >= 0.6 is 0 Å². The molecule has 24 heavy (non-hydrogen) atoms. The summed E-state index contributed by atoms with van der Waals surface area (Å²) in [5.74, 6) is 3.87. The van der Waals surface area contributed by atoms with Gasteiger partial charge < -0.3 is 4.43 Å². The van der Waals surface area contributed by atoms with Gasteiger partial charge >= 0.3 is 0 Å². The van der Waals surface area contributed by atoms with Crippen molar-refractivity contribution in [2.45, 2.75) is 78.1 Å². The zero-order chi connectivity index (χ0) is 17.9. The summed E-state index contributed by atoms with van der Waals surface area (Å²) >= 11 is 0. The van der Waals surface area contributed by atoms with Gasteiger partial charge in [-0.2, -0.15) is 0 Å². The van der Waals surface area contributed by atoms with Gasteiger partial charge in [-0.15, -0.1) is 0 Å². The molecule has 0 unspecified atom stereocenters. The lowest BCUT2D eigenvalue weighted by atomic mass is 9.65. The van der Waals surface area contributed by atoms with Crippen LogP contribution in [0, 0.1) is 35.5 Å². The first-order valence-corrected chi connectivity index (χ1v) is 12.9. The lowest BCUT2D eigenvalue weighted by molar-refractivity contribution is -0.123. The third-order valence-corrected chi connectivity index (χ3v) is 12.3. The Morgan fingerprint density at radius 2 is 1.92 bits per heavy atom. The van der Waals surface area contributed by atoms with E-state index in [0.717, 1.165) is 18.3 Å². The number of hydrogen-bond acceptors (Lipinski definition) is 2. The van der Waals surface area contributed by atoms with Crippen LogP contribution < -0.4 is 0 Å². The van der Waals surface area contributed by atoms with Gasteiger partial charge in [-0.05, 0) is 66.6 Å². The van der Waals surface area contributed by atoms with Crippen molar-refractivity contribution in [2.75, 3.05) is 0 Å². The number of carbonyl (C=O) groups excluding carboxylic acids is 1. The molecule has 0 saturated heterocycles. The Morgan fingerprint density at radius 1 is 1.25 bits per heavy atom. The Labute approximate surface area is 149 Å². The molecule has 0 bridgehead atoms. The average molecular weight is 349 g/mol. The topological polar surface area (TPSA) is 26.3 Å². The van der Waals surface area contributed by atoms with E-state index in [0.29, 0.717) is 23.5 Å². The van der Waals surface area contributed by atoms with Crippen LogP contribution in [0.3, 0.4) is 0 Å². The van der Waals surface area contributed by atoms with Gasteiger partial charge in [-0.1, -0.05) is 47.1 Å². The third kappa shape index (κ3) is 2.86. The zero-order valence-corrected chi connectivity index (χ0v) is 17.6. The summed E-state index contributed by atoms with van der Waals surface area (Å²) in [6.07, 6.45) is 7.86. The quantitative estimate of drug-likeness (QED) is 0.634. The molecule has 7 atom stereocenters. The molecule has 3 heteroatoms. The number of allylic oxidation sites excluding steroid dienone is 2. The Balaban J connectivity index is 1.91. The smallest absolute Gasteiger partial charge is 0.192 e. The molecule has 0 heterocycles. The van der Waals surface area contributed by atoms with Gasteiger partial charge in [0.2, 0.25) is 0 Å². The van der Waals surface area contributed by atoms with E-state index in [4.69, 9.17) is 4.43 Å². The van der Waals surface area contributed by atoms with E-state index in [9.17, 15) is 4.79 Å².